The van der Waals surface area contributed by atoms with E-state index in [1.807, 2.05) is 40.1 Å². The van der Waals surface area contributed by atoms with Crippen molar-refractivity contribution in [2.75, 3.05) is 37.7 Å². The highest BCUT2D eigenvalue weighted by molar-refractivity contribution is 5.81. The molecular formula is C17H26N2O2. The molecule has 1 aliphatic heterocycles. The van der Waals surface area contributed by atoms with Crippen molar-refractivity contribution in [3.8, 4) is 0 Å². The first kappa shape index (κ1) is 15.8. The SMILES string of the molecule is O=C(CN(CCO)c1ccccc1)N1CCCCCCC1. The molecule has 116 valence electrons. The Morgan fingerprint density at radius 3 is 2.29 bits per heavy atom. The van der Waals surface area contributed by atoms with Crippen molar-refractivity contribution in [2.45, 2.75) is 32.1 Å². The lowest BCUT2D eigenvalue weighted by Gasteiger charge is -2.29. The molecular weight excluding hydrogens is 264 g/mol. The number of amides is 1. The number of carbonyl (C=O) groups excluding carboxylic acids is 1. The van der Waals surface area contributed by atoms with Crippen molar-refractivity contribution >= 4 is 11.6 Å². The number of anilines is 1. The molecule has 0 atom stereocenters. The standard InChI is InChI=1S/C17H26N2O2/c20-14-13-19(16-9-5-4-6-10-16)15-17(21)18-11-7-2-1-3-8-12-18/h4-6,9-10,20H,1-3,7-8,11-15H2. The number of rotatable bonds is 5. The largest absolute Gasteiger partial charge is 0.395 e. The van der Waals surface area contributed by atoms with Gasteiger partial charge in [-0.3, -0.25) is 4.79 Å². The molecule has 21 heavy (non-hydrogen) atoms. The fourth-order valence-electron chi connectivity index (χ4n) is 2.82. The van der Waals surface area contributed by atoms with Crippen LogP contribution in [0.5, 0.6) is 0 Å². The fraction of sp³-hybridized carbons (Fsp3) is 0.588. The van der Waals surface area contributed by atoms with Crippen molar-refractivity contribution in [1.82, 2.24) is 4.90 Å². The maximum Gasteiger partial charge on any atom is 0.242 e. The number of likely N-dealkylation sites (tertiary alicyclic amines) is 1. The monoisotopic (exact) mass is 290 g/mol. The molecule has 0 bridgehead atoms. The van der Waals surface area contributed by atoms with Crippen LogP contribution in [0, 0.1) is 0 Å². The number of carbonyl (C=O) groups is 1. The molecule has 1 aliphatic rings. The van der Waals surface area contributed by atoms with Gasteiger partial charge in [0.15, 0.2) is 0 Å². The number of nitrogens with zero attached hydrogens (tertiary/aromatic N) is 2. The van der Waals surface area contributed by atoms with E-state index in [1.165, 1.54) is 19.3 Å². The summed E-state index contributed by atoms with van der Waals surface area (Å²) < 4.78 is 0. The fourth-order valence-corrected chi connectivity index (χ4v) is 2.82. The first-order valence-electron chi connectivity index (χ1n) is 8.00. The molecule has 0 spiro atoms. The third kappa shape index (κ3) is 5.05. The van der Waals surface area contributed by atoms with Gasteiger partial charge >= 0.3 is 0 Å². The summed E-state index contributed by atoms with van der Waals surface area (Å²) in [6, 6.07) is 9.84. The molecule has 0 aromatic heterocycles. The number of hydrogen-bond donors (Lipinski definition) is 1. The highest BCUT2D eigenvalue weighted by Crippen LogP contribution is 2.15. The summed E-state index contributed by atoms with van der Waals surface area (Å²) in [6.07, 6.45) is 5.96. The van der Waals surface area contributed by atoms with Gasteiger partial charge in [-0.25, -0.2) is 0 Å². The van der Waals surface area contributed by atoms with Crippen LogP contribution in [0.25, 0.3) is 0 Å². The van der Waals surface area contributed by atoms with Crippen LogP contribution in [0.15, 0.2) is 30.3 Å². The second-order valence-electron chi connectivity index (χ2n) is 5.63. The van der Waals surface area contributed by atoms with Crippen LogP contribution < -0.4 is 4.90 Å². The van der Waals surface area contributed by atoms with Crippen molar-refractivity contribution in [1.29, 1.82) is 0 Å². The average molecular weight is 290 g/mol. The van der Waals surface area contributed by atoms with Gasteiger partial charge in [-0.05, 0) is 25.0 Å². The minimum Gasteiger partial charge on any atom is -0.395 e. The Morgan fingerprint density at radius 1 is 1.05 bits per heavy atom. The summed E-state index contributed by atoms with van der Waals surface area (Å²) in [5, 5.41) is 9.24. The van der Waals surface area contributed by atoms with Gasteiger partial charge in [-0.1, -0.05) is 37.5 Å². The molecule has 0 aliphatic carbocycles. The predicted octanol–water partition coefficient (Wildman–Crippen LogP) is 2.28. The Labute approximate surface area is 127 Å². The number of benzene rings is 1. The Kier molecular flexibility index (Phi) is 6.54. The summed E-state index contributed by atoms with van der Waals surface area (Å²) >= 11 is 0. The highest BCUT2D eigenvalue weighted by Gasteiger charge is 2.18. The topological polar surface area (TPSA) is 43.8 Å². The Bertz CT molecular complexity index is 414. The van der Waals surface area contributed by atoms with Gasteiger partial charge < -0.3 is 14.9 Å². The molecule has 0 saturated carbocycles. The van der Waals surface area contributed by atoms with E-state index in [1.54, 1.807) is 0 Å². The van der Waals surface area contributed by atoms with Gasteiger partial charge in [0.2, 0.25) is 5.91 Å². The van der Waals surface area contributed by atoms with Crippen LogP contribution in [0.2, 0.25) is 0 Å². The number of aliphatic hydroxyl groups excluding tert-OH is 1. The summed E-state index contributed by atoms with van der Waals surface area (Å²) in [5.74, 6) is 0.175. The Balaban J connectivity index is 1.96. The molecule has 0 unspecified atom stereocenters. The first-order chi connectivity index (χ1) is 10.3. The molecule has 1 saturated heterocycles. The molecule has 1 aromatic rings. The smallest absolute Gasteiger partial charge is 0.242 e. The third-order valence-corrected chi connectivity index (χ3v) is 4.03. The van der Waals surface area contributed by atoms with Gasteiger partial charge in [-0.15, -0.1) is 0 Å². The van der Waals surface area contributed by atoms with Gasteiger partial charge in [0.25, 0.3) is 0 Å². The third-order valence-electron chi connectivity index (χ3n) is 4.03. The van der Waals surface area contributed by atoms with E-state index in [2.05, 4.69) is 0 Å². The minimum atomic E-state index is 0.0577. The van der Waals surface area contributed by atoms with Crippen LogP contribution >= 0.6 is 0 Å². The Morgan fingerprint density at radius 2 is 1.67 bits per heavy atom. The lowest BCUT2D eigenvalue weighted by Crippen LogP contribution is -2.42. The zero-order valence-corrected chi connectivity index (χ0v) is 12.7. The first-order valence-corrected chi connectivity index (χ1v) is 8.00. The van der Waals surface area contributed by atoms with Crippen LogP contribution in [0.1, 0.15) is 32.1 Å². The quantitative estimate of drug-likeness (QED) is 0.905. The van der Waals surface area contributed by atoms with Crippen LogP contribution in [0.4, 0.5) is 5.69 Å². The van der Waals surface area contributed by atoms with E-state index in [9.17, 15) is 9.90 Å². The van der Waals surface area contributed by atoms with Crippen molar-refractivity contribution in [3.63, 3.8) is 0 Å². The molecule has 1 amide bonds. The van der Waals surface area contributed by atoms with E-state index in [0.717, 1.165) is 31.6 Å². The van der Waals surface area contributed by atoms with Crippen molar-refractivity contribution in [2.24, 2.45) is 0 Å². The van der Waals surface area contributed by atoms with E-state index in [-0.39, 0.29) is 12.5 Å². The van der Waals surface area contributed by atoms with Gasteiger partial charge in [0.1, 0.15) is 0 Å². The van der Waals surface area contributed by atoms with E-state index in [0.29, 0.717) is 13.1 Å². The zero-order chi connectivity index (χ0) is 14.9. The van der Waals surface area contributed by atoms with Crippen LogP contribution in [0.3, 0.4) is 0 Å². The number of aliphatic hydroxyl groups is 1. The maximum atomic E-state index is 12.5. The summed E-state index contributed by atoms with van der Waals surface area (Å²) in [7, 11) is 0. The predicted molar refractivity (Wildman–Crippen MR) is 85.4 cm³/mol. The van der Waals surface area contributed by atoms with Crippen LogP contribution in [-0.2, 0) is 4.79 Å². The average Bonchev–Trinajstić information content (AvgIpc) is 2.47. The molecule has 4 heteroatoms. The highest BCUT2D eigenvalue weighted by atomic mass is 16.3. The van der Waals surface area contributed by atoms with Crippen LogP contribution in [-0.4, -0.2) is 48.7 Å². The van der Waals surface area contributed by atoms with Crippen molar-refractivity contribution < 1.29 is 9.90 Å². The lowest BCUT2D eigenvalue weighted by atomic mass is 10.1. The van der Waals surface area contributed by atoms with E-state index in [4.69, 9.17) is 0 Å². The van der Waals surface area contributed by atoms with Gasteiger partial charge in [0, 0.05) is 25.3 Å². The van der Waals surface area contributed by atoms with Gasteiger partial charge in [-0.2, -0.15) is 0 Å². The number of para-hydroxylation sites is 1. The molecule has 0 radical (unpaired) electrons. The summed E-state index contributed by atoms with van der Waals surface area (Å²) in [6.45, 7) is 2.65. The summed E-state index contributed by atoms with van der Waals surface area (Å²) in [5.41, 5.74) is 0.993. The maximum absolute atomic E-state index is 12.5. The molecule has 1 heterocycles. The molecule has 2 rings (SSSR count). The minimum absolute atomic E-state index is 0.0577. The Hall–Kier alpha value is -1.55. The normalized spacial score (nSPS) is 16.1. The molecule has 4 nitrogen and oxygen atoms in total. The second kappa shape index (κ2) is 8.67. The van der Waals surface area contributed by atoms with E-state index < -0.39 is 0 Å². The molecule has 1 aromatic carbocycles. The summed E-state index contributed by atoms with van der Waals surface area (Å²) in [4.78, 5) is 16.5. The van der Waals surface area contributed by atoms with Crippen molar-refractivity contribution in [3.05, 3.63) is 30.3 Å². The van der Waals surface area contributed by atoms with Gasteiger partial charge in [0.05, 0.1) is 13.2 Å². The molecule has 1 N–H and O–H groups in total. The second-order valence-corrected chi connectivity index (χ2v) is 5.63. The van der Waals surface area contributed by atoms with E-state index >= 15 is 0 Å². The number of hydrogen-bond acceptors (Lipinski definition) is 3. The lowest BCUT2D eigenvalue weighted by molar-refractivity contribution is -0.130. The molecule has 1 fully saturated rings. The zero-order valence-electron chi connectivity index (χ0n) is 12.7.